The number of hydrogen-bond donors (Lipinski definition) is 1. The largest absolute Gasteiger partial charge is 0.507 e. The van der Waals surface area contributed by atoms with Gasteiger partial charge in [0.1, 0.15) is 11.5 Å². The molecule has 2 fully saturated rings. The van der Waals surface area contributed by atoms with Crippen molar-refractivity contribution in [2.75, 3.05) is 50.1 Å². The molecule has 1 amide bonds. The summed E-state index contributed by atoms with van der Waals surface area (Å²) in [7, 11) is 3.73. The first kappa shape index (κ1) is 27.5. The number of rotatable bonds is 6. The molecule has 5 rings (SSSR count). The van der Waals surface area contributed by atoms with Crippen molar-refractivity contribution in [3.8, 4) is 5.75 Å². The molecule has 7 heteroatoms. The van der Waals surface area contributed by atoms with Crippen LogP contribution in [0.4, 0.5) is 11.4 Å². The van der Waals surface area contributed by atoms with Gasteiger partial charge >= 0.3 is 0 Å². The Kier molecular flexibility index (Phi) is 7.68. The van der Waals surface area contributed by atoms with Crippen molar-refractivity contribution in [1.29, 1.82) is 0 Å². The lowest BCUT2D eigenvalue weighted by atomic mass is 9.92. The molecule has 2 aliphatic rings. The van der Waals surface area contributed by atoms with Crippen LogP contribution in [-0.2, 0) is 9.59 Å². The maximum absolute atomic E-state index is 13.6. The molecule has 40 heavy (non-hydrogen) atoms. The third-order valence-electron chi connectivity index (χ3n) is 7.92. The number of nitrogens with zero attached hydrogens (tertiary/aromatic N) is 3. The Labute approximate surface area is 236 Å². The van der Waals surface area contributed by atoms with Crippen LogP contribution in [0, 0.1) is 6.92 Å². The maximum atomic E-state index is 13.6. The molecule has 1 unspecified atom stereocenters. The van der Waals surface area contributed by atoms with E-state index in [1.807, 2.05) is 75.4 Å². The molecule has 0 radical (unpaired) electrons. The number of carbonyl (C=O) groups excluding carboxylic acids is 2. The van der Waals surface area contributed by atoms with Crippen LogP contribution < -0.4 is 14.5 Å². The molecule has 208 valence electrons. The highest BCUT2D eigenvalue weighted by Crippen LogP contribution is 2.43. The van der Waals surface area contributed by atoms with Crippen LogP contribution in [-0.4, -0.2) is 62.0 Å². The van der Waals surface area contributed by atoms with Crippen LogP contribution in [0.3, 0.4) is 0 Å². The molecule has 1 atom stereocenters. The van der Waals surface area contributed by atoms with Gasteiger partial charge in [0.2, 0.25) is 0 Å². The van der Waals surface area contributed by atoms with Crippen molar-refractivity contribution in [2.45, 2.75) is 32.7 Å². The number of aliphatic hydroxyl groups excluding tert-OH is 1. The highest BCUT2D eigenvalue weighted by molar-refractivity contribution is 6.51. The van der Waals surface area contributed by atoms with E-state index in [2.05, 4.69) is 16.8 Å². The number of aryl methyl sites for hydroxylation is 1. The maximum Gasteiger partial charge on any atom is 0.300 e. The summed E-state index contributed by atoms with van der Waals surface area (Å²) < 4.78 is 5.51. The number of carbonyl (C=O) groups is 2. The first-order valence-corrected chi connectivity index (χ1v) is 13.8. The molecular formula is C33H37N3O4. The number of anilines is 2. The molecule has 2 aliphatic heterocycles. The lowest BCUT2D eigenvalue weighted by Crippen LogP contribution is -2.44. The summed E-state index contributed by atoms with van der Waals surface area (Å²) in [5.74, 6) is -0.697. The number of hydrogen-bond acceptors (Lipinski definition) is 6. The summed E-state index contributed by atoms with van der Waals surface area (Å²) in [6, 6.07) is 20.1. The minimum absolute atomic E-state index is 0.0821. The molecule has 0 saturated carbocycles. The van der Waals surface area contributed by atoms with Crippen molar-refractivity contribution >= 4 is 28.8 Å². The Morgan fingerprint density at radius 2 is 1.60 bits per heavy atom. The molecule has 3 aromatic carbocycles. The van der Waals surface area contributed by atoms with Gasteiger partial charge in [0, 0.05) is 43.1 Å². The van der Waals surface area contributed by atoms with Gasteiger partial charge in [0.05, 0.1) is 18.7 Å². The second kappa shape index (κ2) is 11.2. The first-order valence-electron chi connectivity index (χ1n) is 13.8. The van der Waals surface area contributed by atoms with E-state index < -0.39 is 17.7 Å². The Balaban J connectivity index is 1.60. The van der Waals surface area contributed by atoms with Gasteiger partial charge in [-0.1, -0.05) is 43.7 Å². The number of ketones is 1. The summed E-state index contributed by atoms with van der Waals surface area (Å²) >= 11 is 0. The molecule has 0 aromatic heterocycles. The van der Waals surface area contributed by atoms with Crippen molar-refractivity contribution in [3.05, 3.63) is 94.6 Å². The highest BCUT2D eigenvalue weighted by atomic mass is 16.5. The Morgan fingerprint density at radius 3 is 2.23 bits per heavy atom. The fourth-order valence-electron chi connectivity index (χ4n) is 5.63. The number of Topliss-reactive ketones (excluding diaryl/α,β-unsaturated/α-hetero) is 1. The SMILES string of the molecule is COc1ccc(/C(O)=C2/C(=O)C(=O)N(c3ccc(N4CCN(C)CC4)cc3)C2c2cccc(C)c2)cc1C(C)C. The van der Waals surface area contributed by atoms with Gasteiger partial charge in [-0.05, 0) is 73.5 Å². The van der Waals surface area contributed by atoms with Gasteiger partial charge in [-0.15, -0.1) is 0 Å². The highest BCUT2D eigenvalue weighted by Gasteiger charge is 2.47. The molecule has 1 N–H and O–H groups in total. The first-order chi connectivity index (χ1) is 19.2. The zero-order chi connectivity index (χ0) is 28.6. The molecule has 2 saturated heterocycles. The quantitative estimate of drug-likeness (QED) is 0.253. The fourth-order valence-corrected chi connectivity index (χ4v) is 5.63. The number of ether oxygens (including phenoxy) is 1. The topological polar surface area (TPSA) is 73.3 Å². The summed E-state index contributed by atoms with van der Waals surface area (Å²) in [6.45, 7) is 9.91. The lowest BCUT2D eigenvalue weighted by molar-refractivity contribution is -0.132. The van der Waals surface area contributed by atoms with Crippen LogP contribution in [0.15, 0.2) is 72.3 Å². The van der Waals surface area contributed by atoms with E-state index >= 15 is 0 Å². The third-order valence-corrected chi connectivity index (χ3v) is 7.92. The van der Waals surface area contributed by atoms with Gasteiger partial charge in [0.15, 0.2) is 0 Å². The van der Waals surface area contributed by atoms with E-state index in [0.29, 0.717) is 17.0 Å². The van der Waals surface area contributed by atoms with Crippen molar-refractivity contribution < 1.29 is 19.4 Å². The minimum Gasteiger partial charge on any atom is -0.507 e. The second-order valence-corrected chi connectivity index (χ2v) is 11.0. The monoisotopic (exact) mass is 539 g/mol. The van der Waals surface area contributed by atoms with E-state index in [0.717, 1.165) is 48.6 Å². The Morgan fingerprint density at radius 1 is 0.925 bits per heavy atom. The molecular weight excluding hydrogens is 502 g/mol. The normalized spacial score (nSPS) is 19.5. The second-order valence-electron chi connectivity index (χ2n) is 11.0. The van der Waals surface area contributed by atoms with Crippen molar-refractivity contribution in [3.63, 3.8) is 0 Å². The standard InChI is InChI=1S/C33H37N3O4/c1-21(2)27-20-24(9-14-28(27)40-5)31(37)29-30(23-8-6-7-22(3)19-23)36(33(39)32(29)38)26-12-10-25(11-13-26)35-17-15-34(4)16-18-35/h6-14,19-21,30,37H,15-18H2,1-5H3/b31-29-. The van der Waals surface area contributed by atoms with E-state index in [9.17, 15) is 14.7 Å². The van der Waals surface area contributed by atoms with Gasteiger partial charge in [-0.25, -0.2) is 0 Å². The van der Waals surface area contributed by atoms with E-state index in [1.54, 1.807) is 19.2 Å². The fraction of sp³-hybridized carbons (Fsp3) is 0.333. The summed E-state index contributed by atoms with van der Waals surface area (Å²) in [5, 5.41) is 11.6. The summed E-state index contributed by atoms with van der Waals surface area (Å²) in [5.41, 5.74) is 4.93. The Bertz CT molecular complexity index is 1450. The number of piperazine rings is 1. The third kappa shape index (κ3) is 5.09. The van der Waals surface area contributed by atoms with E-state index in [-0.39, 0.29) is 17.3 Å². The van der Waals surface area contributed by atoms with E-state index in [4.69, 9.17) is 4.74 Å². The molecule has 0 bridgehead atoms. The minimum atomic E-state index is -0.765. The van der Waals surface area contributed by atoms with Crippen LogP contribution >= 0.6 is 0 Å². The van der Waals surface area contributed by atoms with Gasteiger partial charge in [-0.3, -0.25) is 14.5 Å². The van der Waals surface area contributed by atoms with Gasteiger partial charge in [-0.2, -0.15) is 0 Å². The molecule has 2 heterocycles. The van der Waals surface area contributed by atoms with Crippen LogP contribution in [0.2, 0.25) is 0 Å². The number of likely N-dealkylation sites (N-methyl/N-ethyl adjacent to an activating group) is 1. The zero-order valence-corrected chi connectivity index (χ0v) is 23.8. The summed E-state index contributed by atoms with van der Waals surface area (Å²) in [4.78, 5) is 33.4. The average molecular weight is 540 g/mol. The van der Waals surface area contributed by atoms with Crippen LogP contribution in [0.1, 0.15) is 48.1 Å². The number of methoxy groups -OCH3 is 1. The van der Waals surface area contributed by atoms with Gasteiger partial charge in [0.25, 0.3) is 11.7 Å². The van der Waals surface area contributed by atoms with E-state index in [1.165, 1.54) is 4.90 Å². The van der Waals surface area contributed by atoms with Gasteiger partial charge < -0.3 is 19.6 Å². The number of benzene rings is 3. The molecule has 7 nitrogen and oxygen atoms in total. The number of amides is 1. The molecule has 3 aromatic rings. The van der Waals surface area contributed by atoms with Crippen molar-refractivity contribution in [1.82, 2.24) is 4.90 Å². The van der Waals surface area contributed by atoms with Crippen LogP contribution in [0.25, 0.3) is 5.76 Å². The molecule has 0 spiro atoms. The van der Waals surface area contributed by atoms with Crippen LogP contribution in [0.5, 0.6) is 5.75 Å². The Hall–Kier alpha value is -4.10. The predicted octanol–water partition coefficient (Wildman–Crippen LogP) is 5.51. The van der Waals surface area contributed by atoms with Crippen molar-refractivity contribution in [2.24, 2.45) is 0 Å². The number of aliphatic hydroxyl groups is 1. The predicted molar refractivity (Wildman–Crippen MR) is 159 cm³/mol. The zero-order valence-electron chi connectivity index (χ0n) is 23.8. The smallest absolute Gasteiger partial charge is 0.300 e. The average Bonchev–Trinajstić information content (AvgIpc) is 3.22. The lowest BCUT2D eigenvalue weighted by Gasteiger charge is -2.34. The molecule has 0 aliphatic carbocycles. The summed E-state index contributed by atoms with van der Waals surface area (Å²) in [6.07, 6.45) is 0.